The van der Waals surface area contributed by atoms with Gasteiger partial charge in [0.05, 0.1) is 24.8 Å². The lowest BCUT2D eigenvalue weighted by Crippen LogP contribution is -2.25. The predicted molar refractivity (Wildman–Crippen MR) is 88.3 cm³/mol. The van der Waals surface area contributed by atoms with Crippen molar-refractivity contribution in [2.24, 2.45) is 0 Å². The normalized spacial score (nSPS) is 11.4. The Morgan fingerprint density at radius 3 is 2.17 bits per heavy atom. The summed E-state index contributed by atoms with van der Waals surface area (Å²) >= 11 is 0. The van der Waals surface area contributed by atoms with E-state index in [0.29, 0.717) is 15.9 Å². The van der Waals surface area contributed by atoms with Gasteiger partial charge in [-0.25, -0.2) is 9.59 Å². The van der Waals surface area contributed by atoms with Gasteiger partial charge < -0.3 is 14.7 Å². The van der Waals surface area contributed by atoms with Crippen LogP contribution < -0.4 is 0 Å². The molecule has 6 heteroatoms. The van der Waals surface area contributed by atoms with Gasteiger partial charge in [-0.15, -0.1) is 0 Å². The first kappa shape index (κ1) is 17.2. The fourth-order valence-corrected chi connectivity index (χ4v) is 2.09. The second-order valence-electron chi connectivity index (χ2n) is 4.77. The van der Waals surface area contributed by atoms with Crippen molar-refractivity contribution in [3.05, 3.63) is 70.9 Å². The van der Waals surface area contributed by atoms with Crippen LogP contribution >= 0.6 is 0 Å². The van der Waals surface area contributed by atoms with E-state index in [-0.39, 0.29) is 18.0 Å². The first-order chi connectivity index (χ1) is 11.6. The Balaban J connectivity index is 2.44. The molecule has 2 aromatic carbocycles. The fourth-order valence-electron chi connectivity index (χ4n) is 2.09. The molecule has 0 aliphatic carbocycles. The number of methoxy groups -OCH3 is 1. The molecule has 124 valence electrons. The van der Waals surface area contributed by atoms with Crippen LogP contribution in [0.1, 0.15) is 22.8 Å². The largest absolute Gasteiger partial charge is 0.618 e. The van der Waals surface area contributed by atoms with Crippen molar-refractivity contribution in [1.29, 1.82) is 0 Å². The van der Waals surface area contributed by atoms with Crippen molar-refractivity contribution >= 4 is 23.3 Å². The molecule has 0 fully saturated rings. The molecule has 0 saturated carbocycles. The Labute approximate surface area is 139 Å². The monoisotopic (exact) mass is 327 g/mol. The molecule has 0 spiro atoms. The van der Waals surface area contributed by atoms with E-state index < -0.39 is 11.9 Å². The van der Waals surface area contributed by atoms with Gasteiger partial charge in [-0.3, -0.25) is 0 Å². The van der Waals surface area contributed by atoms with Crippen molar-refractivity contribution in [2.45, 2.75) is 6.92 Å². The zero-order valence-corrected chi connectivity index (χ0v) is 13.4. The number of carbonyl (C=O) groups excluding carboxylic acids is 2. The van der Waals surface area contributed by atoms with E-state index in [9.17, 15) is 14.8 Å². The molecule has 0 amide bonds. The first-order valence-corrected chi connectivity index (χ1v) is 7.33. The molecule has 0 heterocycles. The average Bonchev–Trinajstić information content (AvgIpc) is 2.63. The Kier molecular flexibility index (Phi) is 5.68. The van der Waals surface area contributed by atoms with Crippen LogP contribution in [0.4, 0.5) is 5.69 Å². The Morgan fingerprint density at radius 2 is 1.62 bits per heavy atom. The number of rotatable bonds is 5. The minimum Gasteiger partial charge on any atom is -0.618 e. The fraction of sp³-hybridized carbons (Fsp3) is 0.167. The van der Waals surface area contributed by atoms with Gasteiger partial charge in [-0.05, 0) is 31.2 Å². The van der Waals surface area contributed by atoms with Crippen molar-refractivity contribution in [1.82, 2.24) is 0 Å². The van der Waals surface area contributed by atoms with Crippen LogP contribution in [0.3, 0.4) is 0 Å². The quantitative estimate of drug-likeness (QED) is 0.277. The van der Waals surface area contributed by atoms with E-state index >= 15 is 0 Å². The second kappa shape index (κ2) is 7.92. The summed E-state index contributed by atoms with van der Waals surface area (Å²) in [6, 6.07) is 14.3. The minimum atomic E-state index is -0.745. The van der Waals surface area contributed by atoms with Gasteiger partial charge in [0.2, 0.25) is 5.69 Å². The van der Waals surface area contributed by atoms with Crippen molar-refractivity contribution in [3.63, 3.8) is 0 Å². The van der Waals surface area contributed by atoms with Gasteiger partial charge in [0.25, 0.3) is 0 Å². The lowest BCUT2D eigenvalue weighted by molar-refractivity contribution is -0.360. The molecule has 24 heavy (non-hydrogen) atoms. The predicted octanol–water partition coefficient (Wildman–Crippen LogP) is 2.67. The third-order valence-electron chi connectivity index (χ3n) is 3.24. The summed E-state index contributed by atoms with van der Waals surface area (Å²) < 4.78 is 10.1. The first-order valence-electron chi connectivity index (χ1n) is 7.33. The molecule has 0 bridgehead atoms. The van der Waals surface area contributed by atoms with Crippen LogP contribution in [-0.2, 0) is 14.3 Å². The van der Waals surface area contributed by atoms with Crippen LogP contribution in [0, 0.1) is 5.21 Å². The van der Waals surface area contributed by atoms with Gasteiger partial charge in [0, 0.05) is 12.1 Å². The van der Waals surface area contributed by atoms with E-state index in [0.717, 1.165) is 0 Å². The molecule has 0 atom stereocenters. The van der Waals surface area contributed by atoms with E-state index in [2.05, 4.69) is 0 Å². The second-order valence-corrected chi connectivity index (χ2v) is 4.77. The zero-order valence-electron chi connectivity index (χ0n) is 13.4. The molecule has 0 N–H and O–H groups in total. The highest BCUT2D eigenvalue weighted by atomic mass is 16.5. The highest BCUT2D eigenvalue weighted by Crippen LogP contribution is 2.16. The van der Waals surface area contributed by atoms with Gasteiger partial charge in [0.1, 0.15) is 0 Å². The standard InChI is InChI=1S/C18H17NO5/c1-3-24-17(20)14-9-11-15(12-10-14)19(22)16(18(21)23-2)13-7-5-4-6-8-13/h4-12H,3H2,1-2H3/b19-16+. The topological polar surface area (TPSA) is 78.7 Å². The minimum absolute atomic E-state index is 0.137. The average molecular weight is 327 g/mol. The Bertz CT molecular complexity index is 751. The number of carbonyl (C=O) groups is 2. The summed E-state index contributed by atoms with van der Waals surface area (Å²) in [4.78, 5) is 23.7. The summed E-state index contributed by atoms with van der Waals surface area (Å²) in [5, 5.41) is 12.6. The summed E-state index contributed by atoms with van der Waals surface area (Å²) in [7, 11) is 1.21. The summed E-state index contributed by atoms with van der Waals surface area (Å²) in [5.74, 6) is -1.22. The summed E-state index contributed by atoms with van der Waals surface area (Å²) in [6.45, 7) is 1.98. The third kappa shape index (κ3) is 3.78. The number of ether oxygens (including phenoxy) is 2. The van der Waals surface area contributed by atoms with E-state index in [1.807, 2.05) is 0 Å². The molecule has 6 nitrogen and oxygen atoms in total. The Hall–Kier alpha value is -3.15. The molecule has 0 unspecified atom stereocenters. The highest BCUT2D eigenvalue weighted by molar-refractivity contribution is 6.41. The van der Waals surface area contributed by atoms with Crippen LogP contribution in [-0.4, -0.2) is 36.1 Å². The van der Waals surface area contributed by atoms with Crippen LogP contribution in [0.15, 0.2) is 54.6 Å². The zero-order chi connectivity index (χ0) is 17.5. The molecule has 0 aliphatic rings. The number of nitrogens with zero attached hydrogens (tertiary/aromatic N) is 1. The maximum atomic E-state index is 12.6. The van der Waals surface area contributed by atoms with Gasteiger partial charge in [-0.2, -0.15) is 4.74 Å². The van der Waals surface area contributed by atoms with E-state index in [1.54, 1.807) is 37.3 Å². The molecule has 0 aliphatic heterocycles. The van der Waals surface area contributed by atoms with Crippen LogP contribution in [0.2, 0.25) is 0 Å². The lowest BCUT2D eigenvalue weighted by Gasteiger charge is -2.09. The lowest BCUT2D eigenvalue weighted by atomic mass is 10.1. The van der Waals surface area contributed by atoms with Crippen LogP contribution in [0.25, 0.3) is 0 Å². The number of benzene rings is 2. The van der Waals surface area contributed by atoms with Crippen molar-refractivity contribution in [2.75, 3.05) is 13.7 Å². The number of hydrogen-bond acceptors (Lipinski definition) is 5. The van der Waals surface area contributed by atoms with Crippen molar-refractivity contribution < 1.29 is 23.8 Å². The maximum Gasteiger partial charge on any atom is 0.405 e. The smallest absolute Gasteiger partial charge is 0.405 e. The maximum absolute atomic E-state index is 12.6. The molecular formula is C18H17NO5. The highest BCUT2D eigenvalue weighted by Gasteiger charge is 2.25. The molecule has 0 radical (unpaired) electrons. The SMILES string of the molecule is CCOC(=O)c1ccc(/[N+]([O-])=C(\C(=O)OC)c2ccccc2)cc1. The summed E-state index contributed by atoms with van der Waals surface area (Å²) in [5.41, 5.74) is 0.830. The van der Waals surface area contributed by atoms with Crippen molar-refractivity contribution in [3.8, 4) is 0 Å². The van der Waals surface area contributed by atoms with Gasteiger partial charge in [0.15, 0.2) is 0 Å². The van der Waals surface area contributed by atoms with E-state index in [1.165, 1.54) is 31.4 Å². The molecule has 2 aromatic rings. The van der Waals surface area contributed by atoms with Gasteiger partial charge in [-0.1, -0.05) is 18.2 Å². The molecular weight excluding hydrogens is 310 g/mol. The van der Waals surface area contributed by atoms with E-state index in [4.69, 9.17) is 9.47 Å². The third-order valence-corrected chi connectivity index (χ3v) is 3.24. The molecule has 0 saturated heterocycles. The Morgan fingerprint density at radius 1 is 1.00 bits per heavy atom. The molecule has 2 rings (SSSR count). The number of esters is 2. The number of hydrogen-bond donors (Lipinski definition) is 0. The van der Waals surface area contributed by atoms with Crippen LogP contribution in [0.5, 0.6) is 0 Å². The summed E-state index contributed by atoms with van der Waals surface area (Å²) in [6.07, 6.45) is 0. The van der Waals surface area contributed by atoms with Gasteiger partial charge >= 0.3 is 17.7 Å². The molecule has 0 aromatic heterocycles.